The highest BCUT2D eigenvalue weighted by Gasteiger charge is 2.15. The third kappa shape index (κ3) is 3.42. The SMILES string of the molecule is Cc1ccc(C(Cc2ccc(F)c(Br)c2)NN)c(F)c1. The van der Waals surface area contributed by atoms with Crippen LogP contribution in [0.4, 0.5) is 8.78 Å². The maximum Gasteiger partial charge on any atom is 0.137 e. The minimum atomic E-state index is -0.368. The van der Waals surface area contributed by atoms with Gasteiger partial charge in [-0.3, -0.25) is 11.3 Å². The van der Waals surface area contributed by atoms with Crippen LogP contribution in [0.5, 0.6) is 0 Å². The van der Waals surface area contributed by atoms with E-state index in [1.165, 1.54) is 12.1 Å². The number of halogens is 3. The standard InChI is InChI=1S/C15H15BrF2N2/c1-9-2-4-11(14(18)6-9)15(20-19)8-10-3-5-13(17)12(16)7-10/h2-7,15,20H,8,19H2,1H3. The third-order valence-corrected chi connectivity index (χ3v) is 3.76. The number of hydrazine groups is 1. The Kier molecular flexibility index (Phi) is 4.86. The van der Waals surface area contributed by atoms with Gasteiger partial charge in [0.25, 0.3) is 0 Å². The summed E-state index contributed by atoms with van der Waals surface area (Å²) in [5.74, 6) is 4.90. The topological polar surface area (TPSA) is 38.0 Å². The Morgan fingerprint density at radius 1 is 1.15 bits per heavy atom. The predicted octanol–water partition coefficient (Wildman–Crippen LogP) is 3.78. The summed E-state index contributed by atoms with van der Waals surface area (Å²) in [7, 11) is 0. The summed E-state index contributed by atoms with van der Waals surface area (Å²) >= 11 is 3.14. The Hall–Kier alpha value is -1.30. The molecule has 106 valence electrons. The van der Waals surface area contributed by atoms with E-state index < -0.39 is 0 Å². The number of hydrogen-bond acceptors (Lipinski definition) is 2. The van der Waals surface area contributed by atoms with Crippen LogP contribution < -0.4 is 11.3 Å². The molecule has 0 heterocycles. The summed E-state index contributed by atoms with van der Waals surface area (Å²) in [6, 6.07) is 9.37. The number of nitrogens with two attached hydrogens (primary N) is 1. The van der Waals surface area contributed by atoms with Crippen LogP contribution in [0.1, 0.15) is 22.7 Å². The van der Waals surface area contributed by atoms with Gasteiger partial charge in [-0.1, -0.05) is 18.2 Å². The Bertz CT molecular complexity index is 617. The minimum absolute atomic E-state index is 0.297. The second-order valence-corrected chi connectivity index (χ2v) is 5.55. The van der Waals surface area contributed by atoms with Gasteiger partial charge in [-0.25, -0.2) is 8.78 Å². The summed E-state index contributed by atoms with van der Waals surface area (Å²) < 4.78 is 27.6. The van der Waals surface area contributed by atoms with Crippen LogP contribution in [0.3, 0.4) is 0 Å². The molecule has 0 radical (unpaired) electrons. The van der Waals surface area contributed by atoms with Crippen molar-refractivity contribution in [1.82, 2.24) is 5.43 Å². The van der Waals surface area contributed by atoms with Crippen LogP contribution in [0.2, 0.25) is 0 Å². The maximum absolute atomic E-state index is 14.0. The van der Waals surface area contributed by atoms with E-state index in [2.05, 4.69) is 21.4 Å². The zero-order chi connectivity index (χ0) is 14.7. The normalized spacial score (nSPS) is 12.4. The molecule has 2 aromatic rings. The van der Waals surface area contributed by atoms with E-state index in [4.69, 9.17) is 5.84 Å². The fourth-order valence-electron chi connectivity index (χ4n) is 2.08. The van der Waals surface area contributed by atoms with E-state index in [9.17, 15) is 8.78 Å². The average Bonchev–Trinajstić information content (AvgIpc) is 2.41. The fraction of sp³-hybridized carbons (Fsp3) is 0.200. The second-order valence-electron chi connectivity index (χ2n) is 4.70. The molecule has 0 bridgehead atoms. The molecule has 2 rings (SSSR count). The van der Waals surface area contributed by atoms with Gasteiger partial charge in [-0.05, 0) is 58.6 Å². The smallest absolute Gasteiger partial charge is 0.137 e. The van der Waals surface area contributed by atoms with Crippen molar-refractivity contribution >= 4 is 15.9 Å². The molecular formula is C15H15BrF2N2. The van der Waals surface area contributed by atoms with Crippen molar-refractivity contribution in [2.75, 3.05) is 0 Å². The molecule has 0 aliphatic carbocycles. The van der Waals surface area contributed by atoms with Gasteiger partial charge >= 0.3 is 0 Å². The fourth-order valence-corrected chi connectivity index (χ4v) is 2.50. The average molecular weight is 341 g/mol. The van der Waals surface area contributed by atoms with Gasteiger partial charge < -0.3 is 0 Å². The first kappa shape index (κ1) is 15.1. The molecule has 0 aliphatic rings. The quantitative estimate of drug-likeness (QED) is 0.656. The molecule has 2 aromatic carbocycles. The number of hydrogen-bond donors (Lipinski definition) is 2. The first-order valence-electron chi connectivity index (χ1n) is 6.17. The van der Waals surface area contributed by atoms with Crippen molar-refractivity contribution < 1.29 is 8.78 Å². The maximum atomic E-state index is 14.0. The molecule has 0 saturated carbocycles. The highest BCUT2D eigenvalue weighted by molar-refractivity contribution is 9.10. The lowest BCUT2D eigenvalue weighted by atomic mass is 9.98. The van der Waals surface area contributed by atoms with Crippen molar-refractivity contribution in [2.45, 2.75) is 19.4 Å². The molecule has 2 nitrogen and oxygen atoms in total. The summed E-state index contributed by atoms with van der Waals surface area (Å²) in [5, 5.41) is 0. The zero-order valence-electron chi connectivity index (χ0n) is 11.0. The van der Waals surface area contributed by atoms with E-state index >= 15 is 0 Å². The van der Waals surface area contributed by atoms with Gasteiger partial charge in [-0.2, -0.15) is 0 Å². The lowest BCUT2D eigenvalue weighted by Gasteiger charge is -2.17. The van der Waals surface area contributed by atoms with Crippen molar-refractivity contribution in [1.29, 1.82) is 0 Å². The van der Waals surface area contributed by atoms with Gasteiger partial charge in [0.1, 0.15) is 11.6 Å². The molecule has 0 saturated heterocycles. The minimum Gasteiger partial charge on any atom is -0.271 e. The molecule has 3 N–H and O–H groups in total. The Morgan fingerprint density at radius 2 is 1.90 bits per heavy atom. The summed E-state index contributed by atoms with van der Waals surface area (Å²) in [4.78, 5) is 0. The molecule has 5 heteroatoms. The van der Waals surface area contributed by atoms with Crippen molar-refractivity contribution in [2.24, 2.45) is 5.84 Å². The van der Waals surface area contributed by atoms with Gasteiger partial charge in [-0.15, -0.1) is 0 Å². The molecule has 0 aliphatic heterocycles. The first-order valence-corrected chi connectivity index (χ1v) is 6.96. The third-order valence-electron chi connectivity index (χ3n) is 3.16. The first-order chi connectivity index (χ1) is 9.51. The molecular weight excluding hydrogens is 326 g/mol. The van der Waals surface area contributed by atoms with E-state index in [1.807, 2.05) is 13.0 Å². The molecule has 0 fully saturated rings. The van der Waals surface area contributed by atoms with Gasteiger partial charge in [0.2, 0.25) is 0 Å². The number of nitrogens with one attached hydrogen (secondary N) is 1. The van der Waals surface area contributed by atoms with Crippen molar-refractivity contribution in [3.63, 3.8) is 0 Å². The van der Waals surface area contributed by atoms with Gasteiger partial charge in [0.05, 0.1) is 10.5 Å². The van der Waals surface area contributed by atoms with Crippen LogP contribution in [0, 0.1) is 18.6 Å². The van der Waals surface area contributed by atoms with E-state index in [0.717, 1.165) is 11.1 Å². The van der Waals surface area contributed by atoms with Crippen LogP contribution in [-0.2, 0) is 6.42 Å². The molecule has 0 amide bonds. The number of benzene rings is 2. The lowest BCUT2D eigenvalue weighted by Crippen LogP contribution is -2.30. The summed E-state index contributed by atoms with van der Waals surface area (Å²) in [6.45, 7) is 1.83. The molecule has 0 aromatic heterocycles. The van der Waals surface area contributed by atoms with E-state index in [1.54, 1.807) is 18.2 Å². The predicted molar refractivity (Wildman–Crippen MR) is 79.0 cm³/mol. The summed E-state index contributed by atoms with van der Waals surface area (Å²) in [5.41, 5.74) is 4.83. The Labute approximate surface area is 125 Å². The highest BCUT2D eigenvalue weighted by atomic mass is 79.9. The van der Waals surface area contributed by atoms with Crippen LogP contribution in [0.25, 0.3) is 0 Å². The molecule has 0 spiro atoms. The Balaban J connectivity index is 2.26. The van der Waals surface area contributed by atoms with Crippen molar-refractivity contribution in [3.8, 4) is 0 Å². The zero-order valence-corrected chi connectivity index (χ0v) is 12.5. The van der Waals surface area contributed by atoms with E-state index in [-0.39, 0.29) is 17.7 Å². The number of aryl methyl sites for hydroxylation is 1. The van der Waals surface area contributed by atoms with E-state index in [0.29, 0.717) is 16.5 Å². The second kappa shape index (κ2) is 6.43. The molecule has 20 heavy (non-hydrogen) atoms. The van der Waals surface area contributed by atoms with Crippen molar-refractivity contribution in [3.05, 3.63) is 69.2 Å². The summed E-state index contributed by atoms with van der Waals surface area (Å²) in [6.07, 6.45) is 0.468. The van der Waals surface area contributed by atoms with Gasteiger partial charge in [0, 0.05) is 5.56 Å². The molecule has 1 atom stereocenters. The number of rotatable bonds is 4. The highest BCUT2D eigenvalue weighted by Crippen LogP contribution is 2.24. The Morgan fingerprint density at radius 3 is 2.50 bits per heavy atom. The molecule has 1 unspecified atom stereocenters. The van der Waals surface area contributed by atoms with Crippen LogP contribution >= 0.6 is 15.9 Å². The van der Waals surface area contributed by atoms with Crippen LogP contribution in [-0.4, -0.2) is 0 Å². The largest absolute Gasteiger partial charge is 0.271 e. The van der Waals surface area contributed by atoms with Gasteiger partial charge in [0.15, 0.2) is 0 Å². The lowest BCUT2D eigenvalue weighted by molar-refractivity contribution is 0.509. The van der Waals surface area contributed by atoms with Crippen LogP contribution in [0.15, 0.2) is 40.9 Å². The monoisotopic (exact) mass is 340 g/mol.